The van der Waals surface area contributed by atoms with E-state index < -0.39 is 5.95 Å². The second kappa shape index (κ2) is 4.33. The number of hydrogen-bond acceptors (Lipinski definition) is 3. The number of ether oxygens (including phenoxy) is 1. The molecule has 1 aromatic heterocycles. The summed E-state index contributed by atoms with van der Waals surface area (Å²) in [5.41, 5.74) is 0. The Bertz CT molecular complexity index is 361. The number of hydrogen-bond donors (Lipinski definition) is 0. The lowest BCUT2D eigenvalue weighted by Gasteiger charge is -2.34. The van der Waals surface area contributed by atoms with E-state index in [4.69, 9.17) is 16.3 Å². The second-order valence-electron chi connectivity index (χ2n) is 3.56. The maximum absolute atomic E-state index is 13.2. The van der Waals surface area contributed by atoms with E-state index in [1.54, 1.807) is 6.07 Å². The van der Waals surface area contributed by atoms with E-state index in [2.05, 4.69) is 4.98 Å². The molecule has 82 valence electrons. The van der Waals surface area contributed by atoms with Gasteiger partial charge in [0.2, 0.25) is 5.95 Å². The fraction of sp³-hybridized carbons (Fsp3) is 0.500. The molecule has 0 amide bonds. The molecular weight excluding hydrogens is 219 g/mol. The highest BCUT2D eigenvalue weighted by atomic mass is 35.5. The molecule has 15 heavy (non-hydrogen) atoms. The van der Waals surface area contributed by atoms with Crippen molar-refractivity contribution in [1.29, 1.82) is 0 Å². The van der Waals surface area contributed by atoms with Gasteiger partial charge in [0, 0.05) is 6.54 Å². The average molecular weight is 231 g/mol. The van der Waals surface area contributed by atoms with Crippen molar-refractivity contribution >= 4 is 17.4 Å². The molecule has 0 N–H and O–H groups in total. The normalized spacial score (nSPS) is 21.8. The van der Waals surface area contributed by atoms with Gasteiger partial charge in [-0.3, -0.25) is 0 Å². The Balaban J connectivity index is 2.24. The van der Waals surface area contributed by atoms with Crippen LogP contribution in [-0.4, -0.2) is 30.8 Å². The molecule has 0 aliphatic carbocycles. The molecular formula is C10H12ClFN2O. The van der Waals surface area contributed by atoms with Crippen LogP contribution in [0.2, 0.25) is 5.02 Å². The summed E-state index contributed by atoms with van der Waals surface area (Å²) in [7, 11) is 0. The van der Waals surface area contributed by atoms with Gasteiger partial charge in [-0.2, -0.15) is 4.39 Å². The molecule has 0 saturated carbocycles. The van der Waals surface area contributed by atoms with Gasteiger partial charge in [-0.25, -0.2) is 4.98 Å². The Morgan fingerprint density at radius 2 is 2.40 bits per heavy atom. The van der Waals surface area contributed by atoms with Gasteiger partial charge in [0.25, 0.3) is 0 Å². The topological polar surface area (TPSA) is 25.4 Å². The molecule has 0 aromatic carbocycles. The molecule has 2 heterocycles. The zero-order valence-electron chi connectivity index (χ0n) is 8.41. The smallest absolute Gasteiger partial charge is 0.233 e. The Kier molecular flexibility index (Phi) is 3.07. The molecule has 1 aliphatic heterocycles. The maximum atomic E-state index is 13.2. The molecule has 1 atom stereocenters. The lowest BCUT2D eigenvalue weighted by Crippen LogP contribution is -2.44. The molecule has 1 saturated heterocycles. The van der Waals surface area contributed by atoms with Crippen LogP contribution in [0.3, 0.4) is 0 Å². The van der Waals surface area contributed by atoms with E-state index in [9.17, 15) is 4.39 Å². The summed E-state index contributed by atoms with van der Waals surface area (Å²) in [4.78, 5) is 5.84. The molecule has 0 radical (unpaired) electrons. The number of morpholine rings is 1. The highest BCUT2D eigenvalue weighted by Gasteiger charge is 2.20. The number of halogens is 2. The predicted octanol–water partition coefficient (Wildman–Crippen LogP) is 2.10. The van der Waals surface area contributed by atoms with Crippen LogP contribution < -0.4 is 4.90 Å². The van der Waals surface area contributed by atoms with Crippen molar-refractivity contribution in [3.8, 4) is 0 Å². The van der Waals surface area contributed by atoms with Crippen LogP contribution in [0, 0.1) is 5.95 Å². The SMILES string of the molecule is CC1COCCN1c1ccc(Cl)c(F)n1. The van der Waals surface area contributed by atoms with Gasteiger partial charge in [-0.1, -0.05) is 11.6 Å². The van der Waals surface area contributed by atoms with Gasteiger partial charge in [-0.15, -0.1) is 0 Å². The molecule has 0 spiro atoms. The van der Waals surface area contributed by atoms with E-state index in [1.165, 1.54) is 6.07 Å². The number of aromatic nitrogens is 1. The van der Waals surface area contributed by atoms with E-state index >= 15 is 0 Å². The van der Waals surface area contributed by atoms with Gasteiger partial charge in [0.05, 0.1) is 24.3 Å². The molecule has 2 rings (SSSR count). The van der Waals surface area contributed by atoms with Crippen LogP contribution in [0.25, 0.3) is 0 Å². The zero-order valence-corrected chi connectivity index (χ0v) is 9.17. The van der Waals surface area contributed by atoms with Gasteiger partial charge in [0.1, 0.15) is 5.82 Å². The maximum Gasteiger partial charge on any atom is 0.233 e. The highest BCUT2D eigenvalue weighted by Crippen LogP contribution is 2.21. The van der Waals surface area contributed by atoms with Crippen LogP contribution in [0.4, 0.5) is 10.2 Å². The van der Waals surface area contributed by atoms with Crippen molar-refractivity contribution in [3.05, 3.63) is 23.1 Å². The summed E-state index contributed by atoms with van der Waals surface area (Å²) in [6, 6.07) is 3.47. The monoisotopic (exact) mass is 230 g/mol. The first-order valence-corrected chi connectivity index (χ1v) is 5.22. The fourth-order valence-electron chi connectivity index (χ4n) is 1.64. The van der Waals surface area contributed by atoms with E-state index in [-0.39, 0.29) is 11.1 Å². The van der Waals surface area contributed by atoms with Crippen LogP contribution in [0.1, 0.15) is 6.92 Å². The largest absolute Gasteiger partial charge is 0.377 e. The van der Waals surface area contributed by atoms with E-state index in [0.29, 0.717) is 19.0 Å². The van der Waals surface area contributed by atoms with Crippen LogP contribution >= 0.6 is 11.6 Å². The molecule has 1 aromatic rings. The predicted molar refractivity (Wildman–Crippen MR) is 56.8 cm³/mol. The minimum absolute atomic E-state index is 0.0552. The van der Waals surface area contributed by atoms with Crippen molar-refractivity contribution in [3.63, 3.8) is 0 Å². The molecule has 1 fully saturated rings. The van der Waals surface area contributed by atoms with Gasteiger partial charge < -0.3 is 9.64 Å². The van der Waals surface area contributed by atoms with Gasteiger partial charge in [0.15, 0.2) is 0 Å². The third kappa shape index (κ3) is 2.21. The third-order valence-corrected chi connectivity index (χ3v) is 2.73. The van der Waals surface area contributed by atoms with E-state index in [0.717, 1.165) is 6.54 Å². The van der Waals surface area contributed by atoms with Crippen LogP contribution in [0.15, 0.2) is 12.1 Å². The standard InChI is InChI=1S/C10H12ClFN2O/c1-7-6-15-5-4-14(7)9-3-2-8(11)10(12)13-9/h2-3,7H,4-6H2,1H3. The summed E-state index contributed by atoms with van der Waals surface area (Å²) < 4.78 is 18.5. The summed E-state index contributed by atoms with van der Waals surface area (Å²) >= 11 is 5.58. The summed E-state index contributed by atoms with van der Waals surface area (Å²) in [6.07, 6.45) is 0. The van der Waals surface area contributed by atoms with Crippen molar-refractivity contribution in [2.24, 2.45) is 0 Å². The Morgan fingerprint density at radius 3 is 3.07 bits per heavy atom. The minimum Gasteiger partial charge on any atom is -0.377 e. The number of rotatable bonds is 1. The molecule has 0 bridgehead atoms. The van der Waals surface area contributed by atoms with Gasteiger partial charge >= 0.3 is 0 Å². The first kappa shape index (κ1) is 10.6. The summed E-state index contributed by atoms with van der Waals surface area (Å²) in [5, 5.41) is 0.0552. The number of anilines is 1. The van der Waals surface area contributed by atoms with Crippen molar-refractivity contribution in [2.45, 2.75) is 13.0 Å². The quantitative estimate of drug-likeness (QED) is 0.691. The second-order valence-corrected chi connectivity index (χ2v) is 3.97. The van der Waals surface area contributed by atoms with Crippen LogP contribution in [-0.2, 0) is 4.74 Å². The minimum atomic E-state index is -0.618. The molecule has 5 heteroatoms. The summed E-state index contributed by atoms with van der Waals surface area (Å²) in [5.74, 6) is 0.000517. The molecule has 1 aliphatic rings. The van der Waals surface area contributed by atoms with Crippen molar-refractivity contribution < 1.29 is 9.13 Å². The number of pyridine rings is 1. The molecule has 3 nitrogen and oxygen atoms in total. The first-order valence-electron chi connectivity index (χ1n) is 4.85. The highest BCUT2D eigenvalue weighted by molar-refractivity contribution is 6.30. The van der Waals surface area contributed by atoms with Gasteiger partial charge in [-0.05, 0) is 19.1 Å². The van der Waals surface area contributed by atoms with Crippen molar-refractivity contribution in [1.82, 2.24) is 4.98 Å². The van der Waals surface area contributed by atoms with Crippen LogP contribution in [0.5, 0.6) is 0 Å². The molecule has 1 unspecified atom stereocenters. The average Bonchev–Trinajstić information content (AvgIpc) is 2.23. The van der Waals surface area contributed by atoms with Crippen molar-refractivity contribution in [2.75, 3.05) is 24.7 Å². The Labute approximate surface area is 92.8 Å². The summed E-state index contributed by atoms with van der Waals surface area (Å²) in [6.45, 7) is 4.05. The zero-order chi connectivity index (χ0) is 10.8. The third-order valence-electron chi connectivity index (χ3n) is 2.45. The Morgan fingerprint density at radius 1 is 1.60 bits per heavy atom. The lowest BCUT2D eigenvalue weighted by molar-refractivity contribution is 0.0984. The van der Waals surface area contributed by atoms with E-state index in [1.807, 2.05) is 11.8 Å². The fourth-order valence-corrected chi connectivity index (χ4v) is 1.74. The first-order chi connectivity index (χ1) is 7.18. The lowest BCUT2D eigenvalue weighted by atomic mass is 10.2. The number of nitrogens with zero attached hydrogens (tertiary/aromatic N) is 2. The Hall–Kier alpha value is -0.870.